The molecule has 0 radical (unpaired) electrons. The maximum Gasteiger partial charge on any atom is 0.258 e. The van der Waals surface area contributed by atoms with Gasteiger partial charge in [0, 0.05) is 25.2 Å². The molecule has 1 aromatic heterocycles. The zero-order valence-corrected chi connectivity index (χ0v) is 19.7. The molecule has 3 N–H and O–H groups in total. The van der Waals surface area contributed by atoms with Crippen molar-refractivity contribution in [1.29, 1.82) is 0 Å². The Hall–Kier alpha value is -3.94. The second-order valence-corrected chi connectivity index (χ2v) is 9.43. The highest BCUT2D eigenvalue weighted by atomic mass is 16.2. The van der Waals surface area contributed by atoms with Gasteiger partial charge in [-0.3, -0.25) is 19.4 Å². The van der Waals surface area contributed by atoms with Gasteiger partial charge in [-0.05, 0) is 49.8 Å². The standard InChI is InChI=1S/C27H29N5O3/c1-17-7-9-20(10-8-17)28-25(34)21-16-22(33)29-24-23(21)26(35)31-27(30-24)32-13-11-19(12-14-32)15-18-5-3-2-4-6-18/h2-10,19,21H,11-16H2,1H3,(H,28,34)(H2,29,30,31,33,35)/t21-/m1/s1. The van der Waals surface area contributed by atoms with Gasteiger partial charge >= 0.3 is 0 Å². The second-order valence-electron chi connectivity index (χ2n) is 9.43. The molecule has 2 aliphatic heterocycles. The number of anilines is 3. The zero-order chi connectivity index (χ0) is 24.4. The zero-order valence-electron chi connectivity index (χ0n) is 19.7. The largest absolute Gasteiger partial charge is 0.342 e. The molecule has 5 rings (SSSR count). The number of amides is 2. The summed E-state index contributed by atoms with van der Waals surface area (Å²) in [5, 5.41) is 5.52. The summed E-state index contributed by atoms with van der Waals surface area (Å²) in [7, 11) is 0. The van der Waals surface area contributed by atoms with E-state index in [-0.39, 0.29) is 29.3 Å². The Labute approximate surface area is 203 Å². The molecular weight excluding hydrogens is 442 g/mol. The van der Waals surface area contributed by atoms with Crippen molar-refractivity contribution in [1.82, 2.24) is 9.97 Å². The predicted molar refractivity (Wildman–Crippen MR) is 136 cm³/mol. The highest BCUT2D eigenvalue weighted by molar-refractivity contribution is 6.04. The van der Waals surface area contributed by atoms with Crippen LogP contribution in [0.1, 0.15) is 41.9 Å². The molecule has 35 heavy (non-hydrogen) atoms. The Morgan fingerprint density at radius 1 is 1.06 bits per heavy atom. The number of H-pyrrole nitrogens is 1. The van der Waals surface area contributed by atoms with Crippen LogP contribution in [0, 0.1) is 12.8 Å². The first-order chi connectivity index (χ1) is 17.0. The third-order valence-corrected chi connectivity index (χ3v) is 6.86. The SMILES string of the molecule is Cc1ccc(NC(=O)[C@@H]2CC(=O)Nc3nc(N4CCC(Cc5ccccc5)CC4)[nH]c(=O)c32)cc1. The topological polar surface area (TPSA) is 107 Å². The fourth-order valence-electron chi connectivity index (χ4n) is 4.90. The van der Waals surface area contributed by atoms with Crippen molar-refractivity contribution in [3.8, 4) is 0 Å². The lowest BCUT2D eigenvalue weighted by Gasteiger charge is -2.33. The normalized spacial score (nSPS) is 18.0. The Morgan fingerprint density at radius 3 is 2.49 bits per heavy atom. The first-order valence-electron chi connectivity index (χ1n) is 12.1. The molecule has 8 nitrogen and oxygen atoms in total. The van der Waals surface area contributed by atoms with Gasteiger partial charge in [-0.2, -0.15) is 4.98 Å². The van der Waals surface area contributed by atoms with Crippen LogP contribution in [0.3, 0.4) is 0 Å². The number of nitrogens with zero attached hydrogens (tertiary/aromatic N) is 2. The molecule has 3 aromatic rings. The molecular formula is C27H29N5O3. The number of benzene rings is 2. The molecule has 0 spiro atoms. The molecule has 2 aliphatic rings. The first-order valence-corrected chi connectivity index (χ1v) is 12.1. The number of aromatic amines is 1. The van der Waals surface area contributed by atoms with E-state index in [4.69, 9.17) is 0 Å². The van der Waals surface area contributed by atoms with Crippen molar-refractivity contribution in [2.45, 2.75) is 38.5 Å². The highest BCUT2D eigenvalue weighted by Crippen LogP contribution is 2.31. The van der Waals surface area contributed by atoms with Crippen LogP contribution in [-0.4, -0.2) is 34.9 Å². The van der Waals surface area contributed by atoms with Crippen LogP contribution in [0.5, 0.6) is 0 Å². The summed E-state index contributed by atoms with van der Waals surface area (Å²) in [4.78, 5) is 48.0. The van der Waals surface area contributed by atoms with Gasteiger partial charge in [0.2, 0.25) is 17.8 Å². The molecule has 1 atom stereocenters. The van der Waals surface area contributed by atoms with Crippen LogP contribution in [0.4, 0.5) is 17.5 Å². The smallest absolute Gasteiger partial charge is 0.258 e. The van der Waals surface area contributed by atoms with Gasteiger partial charge in [0.1, 0.15) is 5.82 Å². The monoisotopic (exact) mass is 471 g/mol. The Morgan fingerprint density at radius 2 is 1.77 bits per heavy atom. The van der Waals surface area contributed by atoms with E-state index in [1.54, 1.807) is 12.1 Å². The average Bonchev–Trinajstić information content (AvgIpc) is 2.85. The van der Waals surface area contributed by atoms with E-state index in [1.807, 2.05) is 30.0 Å². The number of fused-ring (bicyclic) bond motifs is 1. The number of aromatic nitrogens is 2. The third-order valence-electron chi connectivity index (χ3n) is 6.86. The number of hydrogen-bond acceptors (Lipinski definition) is 5. The van der Waals surface area contributed by atoms with Gasteiger partial charge in [0.05, 0.1) is 11.5 Å². The molecule has 8 heteroatoms. The number of carbonyl (C=O) groups is 2. The van der Waals surface area contributed by atoms with Crippen molar-refractivity contribution in [3.63, 3.8) is 0 Å². The van der Waals surface area contributed by atoms with Crippen molar-refractivity contribution in [2.24, 2.45) is 5.92 Å². The number of aryl methyl sites for hydroxylation is 1. The van der Waals surface area contributed by atoms with Crippen LogP contribution >= 0.6 is 0 Å². The molecule has 180 valence electrons. The lowest BCUT2D eigenvalue weighted by molar-refractivity contribution is -0.123. The van der Waals surface area contributed by atoms with E-state index in [1.165, 1.54) is 5.56 Å². The van der Waals surface area contributed by atoms with Crippen LogP contribution in [0.2, 0.25) is 0 Å². The number of carbonyl (C=O) groups excluding carboxylic acids is 2. The Kier molecular flexibility index (Phi) is 6.35. The van der Waals surface area contributed by atoms with Gasteiger partial charge in [-0.1, -0.05) is 48.0 Å². The fourth-order valence-corrected chi connectivity index (χ4v) is 4.90. The quantitative estimate of drug-likeness (QED) is 0.527. The first kappa shape index (κ1) is 22.8. The van der Waals surface area contributed by atoms with Crippen molar-refractivity contribution < 1.29 is 9.59 Å². The van der Waals surface area contributed by atoms with E-state index in [0.29, 0.717) is 17.6 Å². The second kappa shape index (κ2) is 9.74. The van der Waals surface area contributed by atoms with Crippen LogP contribution in [0.25, 0.3) is 0 Å². The molecule has 1 fully saturated rings. The van der Waals surface area contributed by atoms with Crippen LogP contribution < -0.4 is 21.1 Å². The van der Waals surface area contributed by atoms with Crippen molar-refractivity contribution in [3.05, 3.63) is 81.6 Å². The third kappa shape index (κ3) is 5.11. The molecule has 0 saturated carbocycles. The number of piperidine rings is 1. The number of hydrogen-bond donors (Lipinski definition) is 3. The molecule has 2 amide bonds. The molecule has 0 aliphatic carbocycles. The lowest BCUT2D eigenvalue weighted by atomic mass is 9.90. The Bertz CT molecular complexity index is 1280. The number of nitrogens with one attached hydrogen (secondary N) is 3. The fraction of sp³-hybridized carbons (Fsp3) is 0.333. The van der Waals surface area contributed by atoms with Crippen molar-refractivity contribution >= 4 is 29.3 Å². The summed E-state index contributed by atoms with van der Waals surface area (Å²) in [5.74, 6) is -0.435. The lowest BCUT2D eigenvalue weighted by Crippen LogP contribution is -2.40. The number of rotatable bonds is 5. The van der Waals surface area contributed by atoms with Crippen molar-refractivity contribution in [2.75, 3.05) is 28.6 Å². The van der Waals surface area contributed by atoms with Gasteiger partial charge in [0.25, 0.3) is 5.56 Å². The minimum absolute atomic E-state index is 0.0975. The average molecular weight is 472 g/mol. The van der Waals surface area contributed by atoms with Gasteiger partial charge in [-0.25, -0.2) is 0 Å². The molecule has 0 bridgehead atoms. The predicted octanol–water partition coefficient (Wildman–Crippen LogP) is 3.60. The molecule has 0 unspecified atom stereocenters. The van der Waals surface area contributed by atoms with Crippen LogP contribution in [-0.2, 0) is 16.0 Å². The van der Waals surface area contributed by atoms with E-state index in [9.17, 15) is 14.4 Å². The van der Waals surface area contributed by atoms with Gasteiger partial charge < -0.3 is 15.5 Å². The molecule has 2 aromatic carbocycles. The van der Waals surface area contributed by atoms with E-state index in [0.717, 1.165) is 37.9 Å². The summed E-state index contributed by atoms with van der Waals surface area (Å²) in [6.45, 7) is 3.50. The Balaban J connectivity index is 1.31. The minimum Gasteiger partial charge on any atom is -0.342 e. The van der Waals surface area contributed by atoms with Crippen LogP contribution in [0.15, 0.2) is 59.4 Å². The maximum atomic E-state index is 13.1. The summed E-state index contributed by atoms with van der Waals surface area (Å²) < 4.78 is 0. The summed E-state index contributed by atoms with van der Waals surface area (Å²) in [5.41, 5.74) is 2.84. The molecule has 1 saturated heterocycles. The summed E-state index contributed by atoms with van der Waals surface area (Å²) >= 11 is 0. The van der Waals surface area contributed by atoms with Gasteiger partial charge in [-0.15, -0.1) is 0 Å². The summed E-state index contributed by atoms with van der Waals surface area (Å²) in [6, 6.07) is 17.8. The van der Waals surface area contributed by atoms with E-state index < -0.39 is 11.8 Å². The van der Waals surface area contributed by atoms with E-state index >= 15 is 0 Å². The minimum atomic E-state index is -0.901. The van der Waals surface area contributed by atoms with Gasteiger partial charge in [0.15, 0.2) is 0 Å². The highest BCUT2D eigenvalue weighted by Gasteiger charge is 2.35. The maximum absolute atomic E-state index is 13.1. The summed E-state index contributed by atoms with van der Waals surface area (Å²) in [6.07, 6.45) is 2.92. The molecule has 3 heterocycles. The van der Waals surface area contributed by atoms with E-state index in [2.05, 4.69) is 44.9 Å².